The molecule has 6 aliphatic rings. The highest BCUT2D eigenvalue weighted by Crippen LogP contribution is 2.68. The molecule has 1 aromatic heterocycles. The zero-order valence-electron chi connectivity index (χ0n) is 34.7. The van der Waals surface area contributed by atoms with E-state index in [9.17, 15) is 0 Å². The van der Waals surface area contributed by atoms with Gasteiger partial charge in [-0.3, -0.25) is 4.67 Å². The number of nitrogens with zero attached hydrogens (tertiary/aromatic N) is 2. The Morgan fingerprint density at radius 1 is 0.810 bits per heavy atom. The lowest BCUT2D eigenvalue weighted by Gasteiger charge is -2.45. The average molecular weight is 798 g/mol. The van der Waals surface area contributed by atoms with Crippen LogP contribution in [0.1, 0.15) is 130 Å². The molecule has 0 amide bonds. The van der Waals surface area contributed by atoms with E-state index in [0.717, 1.165) is 31.4 Å². The number of rotatable bonds is 2. The summed E-state index contributed by atoms with van der Waals surface area (Å²) in [7, 11) is -1.42. The molecule has 292 valence electrons. The van der Waals surface area contributed by atoms with Crippen molar-refractivity contribution in [2.45, 2.75) is 103 Å². The predicted molar refractivity (Wildman–Crippen MR) is 248 cm³/mol. The fraction of sp³-hybridized carbons (Fsp3) is 0.308. The van der Waals surface area contributed by atoms with Crippen LogP contribution in [0.2, 0.25) is 0 Å². The topological polar surface area (TPSA) is 27.7 Å². The Kier molecular flexibility index (Phi) is 8.27. The molecule has 0 spiro atoms. The minimum Gasteiger partial charge on any atom is -0.440 e. The number of thiophene rings is 1. The normalized spacial score (nSPS) is 23.9. The van der Waals surface area contributed by atoms with Crippen LogP contribution in [0.5, 0.6) is 5.75 Å². The minimum atomic E-state index is -1.42. The van der Waals surface area contributed by atoms with Crippen LogP contribution in [0, 0.1) is 0 Å². The van der Waals surface area contributed by atoms with Crippen molar-refractivity contribution in [3.05, 3.63) is 159 Å². The molecule has 1 N–H and O–H groups in total. The standard InChI is InChI=1S/C52H52N3OPS/c1-31-18-11-14-24-40-47-45(31)37(30-44-46(47)36-22-13-16-27-43(36)58-44)35-23-17-26-42-48(35)55-50(54(42)41-25-15-12-21-34(41)32-19-9-8-10-20-32)38-28-33(51(2,3)4)29-39(52(5,6)7)49(38)56-57(55)53-40/h8-11,13-15,17-20,22-26,28-31,40,50,53H,12,16,21,27H2,1-7H3/b18-11-,24-14-. The van der Waals surface area contributed by atoms with E-state index in [1.807, 2.05) is 11.3 Å². The molecule has 3 aliphatic carbocycles. The number of aryl methyl sites for hydroxylation is 1. The second-order valence-corrected chi connectivity index (χ2v) is 21.5. The Morgan fingerprint density at radius 2 is 1.60 bits per heavy atom. The molecule has 4 aromatic carbocycles. The average Bonchev–Trinajstić information content (AvgIpc) is 3.77. The van der Waals surface area contributed by atoms with Crippen LogP contribution in [0.15, 0.2) is 115 Å². The number of hydrogen-bond donors (Lipinski definition) is 1. The van der Waals surface area contributed by atoms with Crippen molar-refractivity contribution in [1.82, 2.24) is 5.09 Å². The van der Waals surface area contributed by atoms with Gasteiger partial charge in [0.05, 0.1) is 17.4 Å². The molecule has 4 unspecified atom stereocenters. The lowest BCUT2D eigenvalue weighted by Crippen LogP contribution is -2.41. The van der Waals surface area contributed by atoms with Gasteiger partial charge in [-0.1, -0.05) is 140 Å². The van der Waals surface area contributed by atoms with Crippen molar-refractivity contribution >= 4 is 52.9 Å². The molecule has 4 atom stereocenters. The van der Waals surface area contributed by atoms with Gasteiger partial charge in [0.1, 0.15) is 11.9 Å². The Morgan fingerprint density at radius 3 is 2.41 bits per heavy atom. The Bertz CT molecular complexity index is 2700. The number of para-hydroxylation sites is 1. The fourth-order valence-corrected chi connectivity index (χ4v) is 13.4. The largest absolute Gasteiger partial charge is 0.440 e. The Balaban J connectivity index is 1.28. The smallest absolute Gasteiger partial charge is 0.278 e. The number of fused-ring (bicyclic) bond motifs is 6. The number of nitrogens with one attached hydrogen (secondary N) is 1. The van der Waals surface area contributed by atoms with Crippen LogP contribution >= 0.6 is 19.8 Å². The van der Waals surface area contributed by atoms with Gasteiger partial charge in [0.15, 0.2) is 0 Å². The summed E-state index contributed by atoms with van der Waals surface area (Å²) in [5.41, 5.74) is 17.1. The molecule has 3 aliphatic heterocycles. The van der Waals surface area contributed by atoms with Crippen LogP contribution < -0.4 is 19.2 Å². The first kappa shape index (κ1) is 36.4. The summed E-state index contributed by atoms with van der Waals surface area (Å²) in [6.45, 7) is 16.5. The zero-order valence-corrected chi connectivity index (χ0v) is 36.4. The summed E-state index contributed by atoms with van der Waals surface area (Å²) in [6, 6.07) is 25.6. The molecule has 4 bridgehead atoms. The molecule has 0 saturated heterocycles. The lowest BCUT2D eigenvalue weighted by atomic mass is 9.78. The van der Waals surface area contributed by atoms with Crippen LogP contribution in [0.4, 0.5) is 11.4 Å². The number of allylic oxidation sites excluding steroid dienone is 7. The summed E-state index contributed by atoms with van der Waals surface area (Å²) in [6.07, 6.45) is 23.0. The second-order valence-electron chi connectivity index (χ2n) is 18.9. The fourth-order valence-electron chi connectivity index (χ4n) is 10.3. The van der Waals surface area contributed by atoms with Gasteiger partial charge in [0.2, 0.25) is 0 Å². The van der Waals surface area contributed by atoms with E-state index in [4.69, 9.17) is 4.52 Å². The van der Waals surface area contributed by atoms with Crippen molar-refractivity contribution in [3.63, 3.8) is 0 Å². The van der Waals surface area contributed by atoms with E-state index in [1.54, 1.807) is 0 Å². The quantitative estimate of drug-likeness (QED) is 0.180. The molecule has 4 nitrogen and oxygen atoms in total. The summed E-state index contributed by atoms with van der Waals surface area (Å²) in [5.74, 6) is 1.25. The van der Waals surface area contributed by atoms with Gasteiger partial charge in [-0.25, -0.2) is 5.09 Å². The van der Waals surface area contributed by atoms with Crippen LogP contribution in [0.25, 0.3) is 32.9 Å². The maximum atomic E-state index is 7.69. The molecular formula is C52H52N3OPS. The Labute approximate surface area is 349 Å². The molecule has 4 heterocycles. The van der Waals surface area contributed by atoms with Crippen molar-refractivity contribution in [2.24, 2.45) is 0 Å². The van der Waals surface area contributed by atoms with Crippen LogP contribution in [-0.2, 0) is 17.3 Å². The summed E-state index contributed by atoms with van der Waals surface area (Å²) in [5, 5.41) is 5.75. The van der Waals surface area contributed by atoms with E-state index in [0.29, 0.717) is 0 Å². The number of hydrogen-bond acceptors (Lipinski definition) is 5. The van der Waals surface area contributed by atoms with E-state index in [-0.39, 0.29) is 29.0 Å². The maximum Gasteiger partial charge on any atom is 0.278 e. The SMILES string of the molecule is CC1/C=C\C=C/C2NP3Oc4c(cc(C(C)(C)C)cc4C(C)(C)C)C4N(C5=C(c6ccccc6)CCC=C5)c5cccc(c5N43)-c3cc4sc5c(c4c2c31)C=CCC5. The highest BCUT2D eigenvalue weighted by atomic mass is 32.1. The lowest BCUT2D eigenvalue weighted by molar-refractivity contribution is 0.487. The van der Waals surface area contributed by atoms with Crippen LogP contribution in [-0.4, -0.2) is 0 Å². The van der Waals surface area contributed by atoms with Crippen molar-refractivity contribution < 1.29 is 4.52 Å². The first-order valence-electron chi connectivity index (χ1n) is 21.2. The molecule has 6 heteroatoms. The van der Waals surface area contributed by atoms with Gasteiger partial charge in [0, 0.05) is 43.3 Å². The highest BCUT2D eigenvalue weighted by Gasteiger charge is 2.52. The van der Waals surface area contributed by atoms with Gasteiger partial charge in [-0.2, -0.15) is 0 Å². The maximum absolute atomic E-state index is 7.69. The Hall–Kier alpha value is -4.67. The molecule has 11 rings (SSSR count). The van der Waals surface area contributed by atoms with Crippen molar-refractivity contribution in [1.29, 1.82) is 0 Å². The minimum absolute atomic E-state index is 0.0501. The van der Waals surface area contributed by atoms with Gasteiger partial charge in [-0.05, 0) is 99.7 Å². The van der Waals surface area contributed by atoms with Crippen LogP contribution in [0.3, 0.4) is 0 Å². The third-order valence-corrected chi connectivity index (χ3v) is 15.9. The highest BCUT2D eigenvalue weighted by molar-refractivity contribution is 7.53. The van der Waals surface area contributed by atoms with E-state index < -0.39 is 8.45 Å². The molecule has 0 radical (unpaired) electrons. The number of anilines is 2. The van der Waals surface area contributed by atoms with Gasteiger partial charge >= 0.3 is 0 Å². The van der Waals surface area contributed by atoms with Gasteiger partial charge < -0.3 is 9.42 Å². The molecule has 5 aromatic rings. The van der Waals surface area contributed by atoms with E-state index >= 15 is 0 Å². The van der Waals surface area contributed by atoms with E-state index in [1.165, 1.54) is 87.7 Å². The summed E-state index contributed by atoms with van der Waals surface area (Å²) >= 11 is 2.01. The third kappa shape index (κ3) is 5.46. The molecular weight excluding hydrogens is 746 g/mol. The summed E-state index contributed by atoms with van der Waals surface area (Å²) in [4.78, 5) is 4.21. The first-order valence-corrected chi connectivity index (χ1v) is 23.2. The van der Waals surface area contributed by atoms with Gasteiger partial charge in [0.25, 0.3) is 8.45 Å². The predicted octanol–water partition coefficient (Wildman–Crippen LogP) is 14.7. The molecule has 0 fully saturated rings. The van der Waals surface area contributed by atoms with E-state index in [2.05, 4.69) is 178 Å². The second kappa shape index (κ2) is 13.2. The molecule has 0 saturated carbocycles. The molecule has 58 heavy (non-hydrogen) atoms. The van der Waals surface area contributed by atoms with Gasteiger partial charge in [-0.15, -0.1) is 11.3 Å². The zero-order chi connectivity index (χ0) is 39.7. The van der Waals surface area contributed by atoms with Crippen molar-refractivity contribution in [3.8, 4) is 16.9 Å². The third-order valence-electron chi connectivity index (χ3n) is 13.1. The number of benzene rings is 4. The van der Waals surface area contributed by atoms with Crippen molar-refractivity contribution in [2.75, 3.05) is 9.57 Å². The monoisotopic (exact) mass is 797 g/mol. The summed E-state index contributed by atoms with van der Waals surface area (Å²) < 4.78 is 11.8. The first-order chi connectivity index (χ1) is 28.0.